The second-order valence-corrected chi connectivity index (χ2v) is 5.14. The molecule has 2 atom stereocenters. The number of nitrogens with two attached hydrogens (primary N) is 1. The SMILES string of the molecule is CC(C)c1cn([C@H]2CO[C@@H](CO)O2)c2ncnc(N)c12. The van der Waals surface area contributed by atoms with Gasteiger partial charge in [0.05, 0.1) is 18.6 Å². The van der Waals surface area contributed by atoms with Crippen molar-refractivity contribution < 1.29 is 14.6 Å². The van der Waals surface area contributed by atoms with Gasteiger partial charge in [-0.05, 0) is 11.5 Å². The summed E-state index contributed by atoms with van der Waals surface area (Å²) in [5.41, 5.74) is 7.79. The molecule has 1 saturated heterocycles. The molecule has 0 amide bonds. The number of hydrogen-bond acceptors (Lipinski definition) is 6. The lowest BCUT2D eigenvalue weighted by Crippen LogP contribution is -2.15. The largest absolute Gasteiger partial charge is 0.391 e. The van der Waals surface area contributed by atoms with Crippen LogP contribution < -0.4 is 5.73 Å². The van der Waals surface area contributed by atoms with Crippen molar-refractivity contribution in [1.29, 1.82) is 0 Å². The minimum absolute atomic E-state index is 0.163. The number of aliphatic hydroxyl groups excluding tert-OH is 1. The number of anilines is 1. The molecule has 7 nitrogen and oxygen atoms in total. The molecule has 108 valence electrons. The molecule has 0 radical (unpaired) electrons. The van der Waals surface area contributed by atoms with Crippen molar-refractivity contribution in [2.75, 3.05) is 18.9 Å². The van der Waals surface area contributed by atoms with Crippen molar-refractivity contribution in [1.82, 2.24) is 14.5 Å². The number of aliphatic hydroxyl groups is 1. The number of aromatic nitrogens is 3. The number of fused-ring (bicyclic) bond motifs is 1. The molecule has 3 N–H and O–H groups in total. The van der Waals surface area contributed by atoms with Crippen molar-refractivity contribution in [2.45, 2.75) is 32.3 Å². The van der Waals surface area contributed by atoms with Gasteiger partial charge in [0.1, 0.15) is 17.8 Å². The summed E-state index contributed by atoms with van der Waals surface area (Å²) >= 11 is 0. The highest BCUT2D eigenvalue weighted by molar-refractivity contribution is 5.90. The van der Waals surface area contributed by atoms with E-state index in [-0.39, 0.29) is 12.8 Å². The third-order valence-corrected chi connectivity index (χ3v) is 3.48. The highest BCUT2D eigenvalue weighted by Crippen LogP contribution is 2.33. The first-order valence-electron chi connectivity index (χ1n) is 6.60. The molecule has 3 rings (SSSR count). The maximum atomic E-state index is 9.08. The van der Waals surface area contributed by atoms with Crippen molar-refractivity contribution in [2.24, 2.45) is 0 Å². The molecule has 0 spiro atoms. The monoisotopic (exact) mass is 278 g/mol. The Hall–Kier alpha value is -1.70. The molecule has 0 aliphatic carbocycles. The van der Waals surface area contributed by atoms with Crippen LogP contribution in [0.1, 0.15) is 31.6 Å². The normalized spacial score (nSPS) is 23.0. The lowest BCUT2D eigenvalue weighted by molar-refractivity contribution is -0.0979. The second-order valence-electron chi connectivity index (χ2n) is 5.14. The maximum absolute atomic E-state index is 9.08. The lowest BCUT2D eigenvalue weighted by atomic mass is 10.0. The fourth-order valence-corrected chi connectivity index (χ4v) is 2.48. The Morgan fingerprint density at radius 2 is 2.30 bits per heavy atom. The minimum Gasteiger partial charge on any atom is -0.391 e. The number of ether oxygens (including phenoxy) is 2. The highest BCUT2D eigenvalue weighted by Gasteiger charge is 2.29. The Morgan fingerprint density at radius 3 is 2.95 bits per heavy atom. The summed E-state index contributed by atoms with van der Waals surface area (Å²) in [6.45, 7) is 4.39. The minimum atomic E-state index is -0.584. The van der Waals surface area contributed by atoms with E-state index in [0.717, 1.165) is 16.6 Å². The van der Waals surface area contributed by atoms with E-state index in [0.29, 0.717) is 18.3 Å². The molecular weight excluding hydrogens is 260 g/mol. The zero-order valence-corrected chi connectivity index (χ0v) is 11.5. The number of nitrogens with zero attached hydrogens (tertiary/aromatic N) is 3. The lowest BCUT2D eigenvalue weighted by Gasteiger charge is -2.12. The Labute approximate surface area is 116 Å². The van der Waals surface area contributed by atoms with E-state index in [4.69, 9.17) is 20.3 Å². The van der Waals surface area contributed by atoms with Crippen molar-refractivity contribution in [3.8, 4) is 0 Å². The molecule has 3 heterocycles. The smallest absolute Gasteiger partial charge is 0.183 e. The number of hydrogen-bond donors (Lipinski definition) is 2. The van der Waals surface area contributed by atoms with E-state index in [1.807, 2.05) is 10.8 Å². The van der Waals surface area contributed by atoms with Crippen LogP contribution >= 0.6 is 0 Å². The van der Waals surface area contributed by atoms with Crippen molar-refractivity contribution >= 4 is 16.9 Å². The molecule has 1 fully saturated rings. The van der Waals surface area contributed by atoms with E-state index in [2.05, 4.69) is 23.8 Å². The third-order valence-electron chi connectivity index (χ3n) is 3.48. The van der Waals surface area contributed by atoms with Gasteiger partial charge in [-0.25, -0.2) is 9.97 Å². The molecule has 20 heavy (non-hydrogen) atoms. The van der Waals surface area contributed by atoms with E-state index < -0.39 is 6.29 Å². The molecular formula is C13H18N4O3. The summed E-state index contributed by atoms with van der Waals surface area (Å²) in [4.78, 5) is 8.38. The van der Waals surface area contributed by atoms with E-state index in [1.54, 1.807) is 0 Å². The van der Waals surface area contributed by atoms with Crippen molar-refractivity contribution in [3.05, 3.63) is 18.1 Å². The Balaban J connectivity index is 2.10. The molecule has 7 heteroatoms. The molecule has 0 aromatic carbocycles. The number of rotatable bonds is 3. The first-order valence-corrected chi connectivity index (χ1v) is 6.60. The molecule has 0 bridgehead atoms. The average Bonchev–Trinajstić information content (AvgIpc) is 3.02. The van der Waals surface area contributed by atoms with Crippen LogP contribution in [-0.2, 0) is 9.47 Å². The standard InChI is InChI=1S/C13H18N4O3/c1-7(2)8-3-17(9-5-19-10(4-18)20-9)13-11(8)12(14)15-6-16-13/h3,6-7,9-10,18H,4-5H2,1-2H3,(H2,14,15,16)/t9-,10-/m1/s1. The van der Waals surface area contributed by atoms with Crippen LogP contribution in [0.5, 0.6) is 0 Å². The van der Waals surface area contributed by atoms with Crippen LogP contribution in [0.4, 0.5) is 5.82 Å². The summed E-state index contributed by atoms with van der Waals surface area (Å²) in [7, 11) is 0. The summed E-state index contributed by atoms with van der Waals surface area (Å²) < 4.78 is 12.9. The van der Waals surface area contributed by atoms with Crippen LogP contribution in [0.2, 0.25) is 0 Å². The van der Waals surface area contributed by atoms with Crippen LogP contribution in [0.15, 0.2) is 12.5 Å². The Kier molecular flexibility index (Phi) is 3.33. The zero-order chi connectivity index (χ0) is 14.3. The fraction of sp³-hybridized carbons (Fsp3) is 0.538. The molecule has 2 aromatic heterocycles. The summed E-state index contributed by atoms with van der Waals surface area (Å²) in [5.74, 6) is 0.762. The van der Waals surface area contributed by atoms with Gasteiger partial charge in [0, 0.05) is 6.20 Å². The van der Waals surface area contributed by atoms with E-state index in [9.17, 15) is 0 Å². The van der Waals surface area contributed by atoms with Gasteiger partial charge in [0.2, 0.25) is 0 Å². The fourth-order valence-electron chi connectivity index (χ4n) is 2.48. The number of nitrogen functional groups attached to an aromatic ring is 1. The molecule has 0 unspecified atom stereocenters. The third kappa shape index (κ3) is 2.04. The van der Waals surface area contributed by atoms with Gasteiger partial charge < -0.3 is 24.9 Å². The molecule has 0 saturated carbocycles. The van der Waals surface area contributed by atoms with Crippen LogP contribution in [0.25, 0.3) is 11.0 Å². The van der Waals surface area contributed by atoms with Gasteiger partial charge in [0.25, 0.3) is 0 Å². The maximum Gasteiger partial charge on any atom is 0.183 e. The zero-order valence-electron chi connectivity index (χ0n) is 11.5. The highest BCUT2D eigenvalue weighted by atomic mass is 16.7. The molecule has 2 aromatic rings. The summed E-state index contributed by atoms with van der Waals surface area (Å²) in [6.07, 6.45) is 2.53. The van der Waals surface area contributed by atoms with Gasteiger partial charge >= 0.3 is 0 Å². The molecule has 1 aliphatic heterocycles. The van der Waals surface area contributed by atoms with Gasteiger partial charge in [-0.2, -0.15) is 0 Å². The van der Waals surface area contributed by atoms with Gasteiger partial charge in [-0.3, -0.25) is 0 Å². The first-order chi connectivity index (χ1) is 9.61. The summed E-state index contributed by atoms with van der Waals surface area (Å²) in [6, 6.07) is 0. The van der Waals surface area contributed by atoms with Gasteiger partial charge in [-0.15, -0.1) is 0 Å². The van der Waals surface area contributed by atoms with Crippen LogP contribution in [-0.4, -0.2) is 39.1 Å². The van der Waals surface area contributed by atoms with Crippen LogP contribution in [0.3, 0.4) is 0 Å². The Morgan fingerprint density at radius 1 is 1.50 bits per heavy atom. The second kappa shape index (κ2) is 5.01. The van der Waals surface area contributed by atoms with E-state index in [1.165, 1.54) is 6.33 Å². The topological polar surface area (TPSA) is 95.4 Å². The van der Waals surface area contributed by atoms with Crippen LogP contribution in [0, 0.1) is 0 Å². The average molecular weight is 278 g/mol. The molecule has 1 aliphatic rings. The van der Waals surface area contributed by atoms with E-state index >= 15 is 0 Å². The van der Waals surface area contributed by atoms with Gasteiger partial charge in [-0.1, -0.05) is 13.8 Å². The Bertz CT molecular complexity index is 625. The van der Waals surface area contributed by atoms with Crippen molar-refractivity contribution in [3.63, 3.8) is 0 Å². The van der Waals surface area contributed by atoms with Gasteiger partial charge in [0.15, 0.2) is 12.5 Å². The first kappa shape index (κ1) is 13.3. The predicted octanol–water partition coefficient (Wildman–Crippen LogP) is 1.00. The quantitative estimate of drug-likeness (QED) is 0.869. The predicted molar refractivity (Wildman–Crippen MR) is 73.0 cm³/mol. The summed E-state index contributed by atoms with van der Waals surface area (Å²) in [5, 5.41) is 9.94.